The van der Waals surface area contributed by atoms with Crippen LogP contribution in [-0.2, 0) is 0 Å². The first-order chi connectivity index (χ1) is 21.3. The van der Waals surface area contributed by atoms with Crippen LogP contribution < -0.4 is 4.90 Å². The molecule has 9 aromatic rings. The fourth-order valence-corrected chi connectivity index (χ4v) is 6.41. The highest BCUT2D eigenvalue weighted by Crippen LogP contribution is 2.41. The van der Waals surface area contributed by atoms with Crippen LogP contribution in [0, 0.1) is 0 Å². The van der Waals surface area contributed by atoms with E-state index < -0.39 is 0 Å². The van der Waals surface area contributed by atoms with Gasteiger partial charge in [0, 0.05) is 44.7 Å². The molecule has 202 valence electrons. The maximum atomic E-state index is 6.31. The monoisotopic (exact) mass is 551 g/mol. The molecule has 0 aliphatic carbocycles. The lowest BCUT2D eigenvalue weighted by Crippen LogP contribution is -2.09. The quantitative estimate of drug-likeness (QED) is 0.218. The van der Waals surface area contributed by atoms with E-state index >= 15 is 0 Å². The Bertz CT molecular complexity index is 2450. The van der Waals surface area contributed by atoms with Gasteiger partial charge < -0.3 is 13.7 Å². The van der Waals surface area contributed by atoms with Crippen LogP contribution in [0.2, 0.25) is 0 Å². The molecule has 0 saturated carbocycles. The summed E-state index contributed by atoms with van der Waals surface area (Å²) in [6, 6.07) is 53.2. The lowest BCUT2D eigenvalue weighted by atomic mass is 10.0. The molecule has 9 rings (SSSR count). The van der Waals surface area contributed by atoms with Crippen LogP contribution in [0.1, 0.15) is 0 Å². The largest absolute Gasteiger partial charge is 0.456 e. The van der Waals surface area contributed by atoms with E-state index in [-0.39, 0.29) is 0 Å². The van der Waals surface area contributed by atoms with Crippen molar-refractivity contribution in [2.75, 3.05) is 4.90 Å². The van der Waals surface area contributed by atoms with Crippen LogP contribution in [-0.4, -0.2) is 0 Å². The van der Waals surface area contributed by atoms with Gasteiger partial charge in [0.25, 0.3) is 0 Å². The summed E-state index contributed by atoms with van der Waals surface area (Å²) in [7, 11) is 0. The van der Waals surface area contributed by atoms with Gasteiger partial charge in [-0.1, -0.05) is 91.0 Å². The van der Waals surface area contributed by atoms with Gasteiger partial charge in [0.2, 0.25) is 0 Å². The summed E-state index contributed by atoms with van der Waals surface area (Å²) in [5.41, 5.74) is 9.15. The van der Waals surface area contributed by atoms with Crippen molar-refractivity contribution >= 4 is 71.7 Å². The highest BCUT2D eigenvalue weighted by Gasteiger charge is 2.17. The first-order valence-corrected chi connectivity index (χ1v) is 14.5. The zero-order valence-corrected chi connectivity index (χ0v) is 23.2. The highest BCUT2D eigenvalue weighted by molar-refractivity contribution is 6.19. The predicted octanol–water partition coefficient (Wildman–Crippen LogP) is 11.8. The van der Waals surface area contributed by atoms with Gasteiger partial charge in [-0.2, -0.15) is 0 Å². The van der Waals surface area contributed by atoms with Gasteiger partial charge in [-0.25, -0.2) is 0 Å². The van der Waals surface area contributed by atoms with Crippen LogP contribution in [0.4, 0.5) is 17.1 Å². The third kappa shape index (κ3) is 3.83. The van der Waals surface area contributed by atoms with Crippen molar-refractivity contribution in [1.29, 1.82) is 0 Å². The molecule has 0 N–H and O–H groups in total. The lowest BCUT2D eigenvalue weighted by molar-refractivity contribution is 0.668. The van der Waals surface area contributed by atoms with Crippen molar-refractivity contribution in [1.82, 2.24) is 0 Å². The van der Waals surface area contributed by atoms with E-state index in [1.165, 1.54) is 16.5 Å². The number of benzene rings is 7. The normalized spacial score (nSPS) is 11.7. The number of para-hydroxylation sites is 2. The smallest absolute Gasteiger partial charge is 0.137 e. The zero-order chi connectivity index (χ0) is 28.3. The summed E-state index contributed by atoms with van der Waals surface area (Å²) in [5.74, 6) is 0. The molecule has 3 nitrogen and oxygen atoms in total. The van der Waals surface area contributed by atoms with E-state index in [2.05, 4.69) is 126 Å². The van der Waals surface area contributed by atoms with Crippen molar-refractivity contribution in [3.63, 3.8) is 0 Å². The Morgan fingerprint density at radius 3 is 1.74 bits per heavy atom. The molecular weight excluding hydrogens is 526 g/mol. The van der Waals surface area contributed by atoms with Gasteiger partial charge in [0.05, 0.1) is 0 Å². The van der Waals surface area contributed by atoms with E-state index in [0.29, 0.717) is 0 Å². The minimum absolute atomic E-state index is 0.872. The molecule has 0 atom stereocenters. The number of hydrogen-bond acceptors (Lipinski definition) is 3. The van der Waals surface area contributed by atoms with E-state index in [4.69, 9.17) is 8.83 Å². The number of anilines is 3. The van der Waals surface area contributed by atoms with Gasteiger partial charge in [-0.3, -0.25) is 0 Å². The fourth-order valence-electron chi connectivity index (χ4n) is 6.41. The van der Waals surface area contributed by atoms with Crippen LogP contribution in [0.15, 0.2) is 160 Å². The summed E-state index contributed by atoms with van der Waals surface area (Å²) in [5, 5.41) is 6.88. The Labute approximate surface area is 247 Å². The molecule has 3 heteroatoms. The van der Waals surface area contributed by atoms with Crippen molar-refractivity contribution in [2.45, 2.75) is 0 Å². The van der Waals surface area contributed by atoms with Crippen molar-refractivity contribution < 1.29 is 8.83 Å². The summed E-state index contributed by atoms with van der Waals surface area (Å²) >= 11 is 0. The van der Waals surface area contributed by atoms with E-state index in [0.717, 1.165) is 66.3 Å². The second kappa shape index (κ2) is 9.37. The van der Waals surface area contributed by atoms with Crippen molar-refractivity contribution in [3.05, 3.63) is 152 Å². The van der Waals surface area contributed by atoms with Gasteiger partial charge in [-0.15, -0.1) is 0 Å². The Morgan fingerprint density at radius 2 is 0.930 bits per heavy atom. The van der Waals surface area contributed by atoms with Gasteiger partial charge in [0.15, 0.2) is 0 Å². The molecule has 0 unspecified atom stereocenters. The molecular formula is C40H25NO2. The molecule has 0 spiro atoms. The first-order valence-electron chi connectivity index (χ1n) is 14.5. The van der Waals surface area contributed by atoms with E-state index in [9.17, 15) is 0 Å². The van der Waals surface area contributed by atoms with Crippen LogP contribution in [0.25, 0.3) is 65.8 Å². The number of nitrogens with zero attached hydrogens (tertiary/aromatic N) is 1. The van der Waals surface area contributed by atoms with Crippen molar-refractivity contribution in [3.8, 4) is 11.1 Å². The SMILES string of the molecule is c1ccc(-c2ccc(N(c3ccc4c(ccc5oc6ccccc6c54)c3)c3ccc4c(c3)oc3ccccc34)cc2)cc1. The molecule has 0 fully saturated rings. The van der Waals surface area contributed by atoms with Gasteiger partial charge >= 0.3 is 0 Å². The number of furan rings is 2. The van der Waals surface area contributed by atoms with E-state index in [1.54, 1.807) is 0 Å². The Kier molecular flexibility index (Phi) is 5.20. The maximum absolute atomic E-state index is 6.31. The third-order valence-electron chi connectivity index (χ3n) is 8.45. The van der Waals surface area contributed by atoms with Crippen molar-refractivity contribution in [2.24, 2.45) is 0 Å². The highest BCUT2D eigenvalue weighted by atomic mass is 16.3. The van der Waals surface area contributed by atoms with Gasteiger partial charge in [0.1, 0.15) is 22.3 Å². The van der Waals surface area contributed by atoms with Crippen LogP contribution in [0.5, 0.6) is 0 Å². The molecule has 0 bridgehead atoms. The second-order valence-corrected chi connectivity index (χ2v) is 11.0. The summed E-state index contributed by atoms with van der Waals surface area (Å²) in [4.78, 5) is 2.30. The summed E-state index contributed by atoms with van der Waals surface area (Å²) in [6.07, 6.45) is 0. The lowest BCUT2D eigenvalue weighted by Gasteiger charge is -2.26. The standard InChI is InChI=1S/C40H25NO2/c1-2-8-26(9-3-1)27-14-17-29(18-15-27)41(31-20-22-34-33-10-4-6-12-36(33)43-39(34)25-31)30-19-21-32-28(24-30)16-23-38-40(32)35-11-5-7-13-37(35)42-38/h1-25H. The molecule has 0 aliphatic heterocycles. The van der Waals surface area contributed by atoms with Crippen LogP contribution in [0.3, 0.4) is 0 Å². The Balaban J connectivity index is 1.23. The first kappa shape index (κ1) is 23.9. The maximum Gasteiger partial charge on any atom is 0.137 e. The minimum Gasteiger partial charge on any atom is -0.456 e. The van der Waals surface area contributed by atoms with Crippen LogP contribution >= 0.6 is 0 Å². The second-order valence-electron chi connectivity index (χ2n) is 11.0. The Hall–Kier alpha value is -5.80. The average Bonchev–Trinajstić information content (AvgIpc) is 3.64. The number of fused-ring (bicyclic) bond motifs is 8. The number of rotatable bonds is 4. The molecule has 2 heterocycles. The van der Waals surface area contributed by atoms with Gasteiger partial charge in [-0.05, 0) is 76.5 Å². The Morgan fingerprint density at radius 1 is 0.349 bits per heavy atom. The average molecular weight is 552 g/mol. The number of hydrogen-bond donors (Lipinski definition) is 0. The third-order valence-corrected chi connectivity index (χ3v) is 8.45. The minimum atomic E-state index is 0.872. The molecule has 0 saturated heterocycles. The predicted molar refractivity (Wildman–Crippen MR) is 179 cm³/mol. The molecule has 2 aromatic heterocycles. The molecule has 0 radical (unpaired) electrons. The summed E-state index contributed by atoms with van der Waals surface area (Å²) in [6.45, 7) is 0. The fraction of sp³-hybridized carbons (Fsp3) is 0. The molecule has 7 aromatic carbocycles. The zero-order valence-electron chi connectivity index (χ0n) is 23.2. The summed E-state index contributed by atoms with van der Waals surface area (Å²) < 4.78 is 12.5. The molecule has 0 aliphatic rings. The topological polar surface area (TPSA) is 29.5 Å². The molecule has 0 amide bonds. The molecule has 43 heavy (non-hydrogen) atoms. The van der Waals surface area contributed by atoms with E-state index in [1.807, 2.05) is 30.3 Å².